The zero-order chi connectivity index (χ0) is 42.8. The van der Waals surface area contributed by atoms with Gasteiger partial charge in [0, 0.05) is 12.8 Å². The van der Waals surface area contributed by atoms with Crippen LogP contribution in [0.2, 0.25) is 0 Å². The van der Waals surface area contributed by atoms with Crippen molar-refractivity contribution in [2.75, 3.05) is 47.5 Å². The number of unbranched alkanes of at least 4 members (excludes halogenated alkanes) is 19. The largest absolute Gasteiger partial charge is 0.477 e. The number of carboxylic acids is 1. The molecular formula is C49H88NO8+. The van der Waals surface area contributed by atoms with E-state index < -0.39 is 24.3 Å². The molecule has 0 aromatic rings. The van der Waals surface area contributed by atoms with Crippen molar-refractivity contribution in [1.82, 2.24) is 0 Å². The monoisotopic (exact) mass is 819 g/mol. The number of aliphatic carboxylic acids is 1. The second-order valence-electron chi connectivity index (χ2n) is 16.7. The number of rotatable bonds is 42. The maximum Gasteiger partial charge on any atom is 0.361 e. The van der Waals surface area contributed by atoms with Gasteiger partial charge in [0.1, 0.15) is 13.2 Å². The first kappa shape index (κ1) is 55.2. The molecular weight excluding hydrogens is 731 g/mol. The molecule has 0 saturated carbocycles. The Labute approximate surface area is 355 Å². The number of likely N-dealkylation sites (N-methyl/N-ethyl adjacent to an activating group) is 1. The molecule has 0 aliphatic carbocycles. The number of carboxylic acid groups (broad SMARTS) is 1. The molecule has 0 radical (unpaired) electrons. The highest BCUT2D eigenvalue weighted by atomic mass is 16.7. The maximum atomic E-state index is 12.8. The first-order valence-electron chi connectivity index (χ1n) is 23.3. The molecule has 1 N–H and O–H groups in total. The molecule has 0 heterocycles. The van der Waals surface area contributed by atoms with Crippen molar-refractivity contribution < 1.29 is 42.9 Å². The smallest absolute Gasteiger partial charge is 0.361 e. The van der Waals surface area contributed by atoms with Gasteiger partial charge in [-0.2, -0.15) is 0 Å². The normalized spacial score (nSPS) is 13.3. The lowest BCUT2D eigenvalue weighted by molar-refractivity contribution is -0.870. The molecule has 0 aromatic heterocycles. The van der Waals surface area contributed by atoms with E-state index in [1.165, 1.54) is 64.2 Å². The van der Waals surface area contributed by atoms with E-state index in [2.05, 4.69) is 62.5 Å². The van der Waals surface area contributed by atoms with Crippen LogP contribution in [0.3, 0.4) is 0 Å². The van der Waals surface area contributed by atoms with E-state index in [4.69, 9.17) is 18.9 Å². The van der Waals surface area contributed by atoms with Gasteiger partial charge in [-0.15, -0.1) is 0 Å². The van der Waals surface area contributed by atoms with Crippen molar-refractivity contribution in [3.63, 3.8) is 0 Å². The van der Waals surface area contributed by atoms with Crippen LogP contribution < -0.4 is 0 Å². The van der Waals surface area contributed by atoms with Crippen LogP contribution in [0.25, 0.3) is 0 Å². The number of carbonyl (C=O) groups is 3. The van der Waals surface area contributed by atoms with E-state index in [1.807, 2.05) is 21.1 Å². The molecule has 9 nitrogen and oxygen atoms in total. The molecule has 0 aliphatic heterocycles. The first-order chi connectivity index (χ1) is 28.1. The summed E-state index contributed by atoms with van der Waals surface area (Å²) in [5, 5.41) is 9.64. The molecule has 0 spiro atoms. The predicted octanol–water partition coefficient (Wildman–Crippen LogP) is 12.4. The van der Waals surface area contributed by atoms with Gasteiger partial charge in [0.2, 0.25) is 0 Å². The molecule has 9 heteroatoms. The van der Waals surface area contributed by atoms with Gasteiger partial charge in [-0.1, -0.05) is 146 Å². The average molecular weight is 819 g/mol. The molecule has 0 fully saturated rings. The molecule has 336 valence electrons. The van der Waals surface area contributed by atoms with E-state index in [0.29, 0.717) is 17.4 Å². The Morgan fingerprint density at radius 1 is 0.517 bits per heavy atom. The summed E-state index contributed by atoms with van der Waals surface area (Å²) in [6.45, 7) is 4.80. The molecule has 2 unspecified atom stereocenters. The van der Waals surface area contributed by atoms with Crippen LogP contribution in [0.15, 0.2) is 48.6 Å². The molecule has 0 amide bonds. The molecule has 2 atom stereocenters. The highest BCUT2D eigenvalue weighted by molar-refractivity contribution is 5.71. The number of ether oxygens (including phenoxy) is 4. The Morgan fingerprint density at radius 3 is 1.43 bits per heavy atom. The van der Waals surface area contributed by atoms with Gasteiger partial charge in [-0.3, -0.25) is 9.59 Å². The second kappa shape index (κ2) is 41.0. The summed E-state index contributed by atoms with van der Waals surface area (Å²) < 4.78 is 22.7. The Balaban J connectivity index is 4.46. The van der Waals surface area contributed by atoms with Gasteiger partial charge in [0.05, 0.1) is 34.4 Å². The molecule has 0 aromatic carbocycles. The third-order valence-electron chi connectivity index (χ3n) is 9.81. The van der Waals surface area contributed by atoms with Gasteiger partial charge >= 0.3 is 17.9 Å². The summed E-state index contributed by atoms with van der Waals surface area (Å²) in [6.07, 6.45) is 44.5. The SMILES string of the molecule is CCCCC/C=C\C/C=C\C/C=C\CCCCCCCCC(=O)OC(COC(=O)CCCCCCC/C=C\CCCCCCC)COC(OCC[N+](C)(C)C)C(=O)O. The quantitative estimate of drug-likeness (QED) is 0.0213. The standard InChI is InChI=1S/C49H87NO8/c1-6-8-10-12-14-16-18-20-22-23-24-25-26-28-30-32-34-36-38-40-47(52)58-45(44-57-49(48(53)54)55-42-41-50(3,4)5)43-56-46(51)39-37-35-33-31-29-27-21-19-17-15-13-11-9-7-2/h14,16,19-22,24-25,45,49H,6-13,15,17-18,23,26-44H2,1-5H3/p+1/b16-14-,21-19-,22-20-,25-24-. The van der Waals surface area contributed by atoms with E-state index >= 15 is 0 Å². The third-order valence-corrected chi connectivity index (χ3v) is 9.81. The fourth-order valence-corrected chi connectivity index (χ4v) is 6.13. The van der Waals surface area contributed by atoms with Gasteiger partial charge in [-0.05, 0) is 77.0 Å². The summed E-state index contributed by atoms with van der Waals surface area (Å²) in [5.74, 6) is -2.04. The number of carbonyl (C=O) groups excluding carboxylic acids is 2. The fraction of sp³-hybridized carbons (Fsp3) is 0.776. The highest BCUT2D eigenvalue weighted by Crippen LogP contribution is 2.13. The van der Waals surface area contributed by atoms with Gasteiger partial charge in [-0.25, -0.2) is 4.79 Å². The minimum atomic E-state index is -1.51. The summed E-state index contributed by atoms with van der Waals surface area (Å²) in [6, 6.07) is 0. The zero-order valence-electron chi connectivity index (χ0n) is 37.9. The van der Waals surface area contributed by atoms with Crippen molar-refractivity contribution in [3.8, 4) is 0 Å². The van der Waals surface area contributed by atoms with Crippen LogP contribution >= 0.6 is 0 Å². The summed E-state index contributed by atoms with van der Waals surface area (Å²) in [4.78, 5) is 37.1. The Kier molecular flexibility index (Phi) is 39.1. The van der Waals surface area contributed by atoms with Crippen LogP contribution in [0, 0.1) is 0 Å². The van der Waals surface area contributed by atoms with E-state index in [-0.39, 0.29) is 38.6 Å². The molecule has 58 heavy (non-hydrogen) atoms. The van der Waals surface area contributed by atoms with Gasteiger partial charge < -0.3 is 28.5 Å². The topological polar surface area (TPSA) is 108 Å². The number of hydrogen-bond donors (Lipinski definition) is 1. The minimum Gasteiger partial charge on any atom is -0.477 e. The average Bonchev–Trinajstić information content (AvgIpc) is 3.18. The van der Waals surface area contributed by atoms with Crippen LogP contribution in [0.1, 0.15) is 187 Å². The second-order valence-corrected chi connectivity index (χ2v) is 16.7. The zero-order valence-corrected chi connectivity index (χ0v) is 37.9. The van der Waals surface area contributed by atoms with Crippen LogP contribution in [-0.4, -0.2) is 87.4 Å². The highest BCUT2D eigenvalue weighted by Gasteiger charge is 2.25. The Hall–Kier alpha value is -2.75. The molecule has 0 aliphatic rings. The number of esters is 2. The lowest BCUT2D eigenvalue weighted by Gasteiger charge is -2.25. The van der Waals surface area contributed by atoms with Crippen molar-refractivity contribution in [2.45, 2.75) is 200 Å². The van der Waals surface area contributed by atoms with E-state index in [0.717, 1.165) is 89.9 Å². The summed E-state index contributed by atoms with van der Waals surface area (Å²) in [7, 11) is 5.95. The van der Waals surface area contributed by atoms with Crippen LogP contribution in [0.5, 0.6) is 0 Å². The van der Waals surface area contributed by atoms with Crippen molar-refractivity contribution in [1.29, 1.82) is 0 Å². The van der Waals surface area contributed by atoms with Gasteiger partial charge in [0.25, 0.3) is 6.29 Å². The lowest BCUT2D eigenvalue weighted by Crippen LogP contribution is -2.40. The first-order valence-corrected chi connectivity index (χ1v) is 23.3. The van der Waals surface area contributed by atoms with Gasteiger partial charge in [0.15, 0.2) is 6.10 Å². The number of hydrogen-bond acceptors (Lipinski definition) is 7. The van der Waals surface area contributed by atoms with E-state index in [1.54, 1.807) is 0 Å². The summed E-state index contributed by atoms with van der Waals surface area (Å²) >= 11 is 0. The fourth-order valence-electron chi connectivity index (χ4n) is 6.13. The predicted molar refractivity (Wildman–Crippen MR) is 240 cm³/mol. The number of nitrogens with zero attached hydrogens (tertiary/aromatic N) is 1. The van der Waals surface area contributed by atoms with E-state index in [9.17, 15) is 19.5 Å². The maximum absolute atomic E-state index is 12.8. The van der Waals surface area contributed by atoms with Crippen molar-refractivity contribution >= 4 is 17.9 Å². The third kappa shape index (κ3) is 41.4. The number of allylic oxidation sites excluding steroid dienone is 8. The molecule has 0 saturated heterocycles. The molecule has 0 bridgehead atoms. The van der Waals surface area contributed by atoms with Crippen molar-refractivity contribution in [3.05, 3.63) is 48.6 Å². The Bertz CT molecular complexity index is 1090. The lowest BCUT2D eigenvalue weighted by atomic mass is 10.1. The molecule has 0 rings (SSSR count). The number of quaternary nitrogens is 1. The minimum absolute atomic E-state index is 0.182. The Morgan fingerprint density at radius 2 is 0.931 bits per heavy atom. The van der Waals surface area contributed by atoms with Crippen LogP contribution in [-0.2, 0) is 33.3 Å². The van der Waals surface area contributed by atoms with Crippen molar-refractivity contribution in [2.24, 2.45) is 0 Å². The summed E-state index contributed by atoms with van der Waals surface area (Å²) in [5.41, 5.74) is 0. The van der Waals surface area contributed by atoms with Crippen LogP contribution in [0.4, 0.5) is 0 Å².